The first-order chi connectivity index (χ1) is 13.4. The fourth-order valence-corrected chi connectivity index (χ4v) is 7.12. The van der Waals surface area contributed by atoms with Gasteiger partial charge in [-0.2, -0.15) is 0 Å². The van der Waals surface area contributed by atoms with Gasteiger partial charge in [0.15, 0.2) is 0 Å². The molecule has 3 aromatic carbocycles. The van der Waals surface area contributed by atoms with Crippen molar-refractivity contribution in [2.45, 2.75) is 0 Å². The second-order valence-corrected chi connectivity index (χ2v) is 10.2. The van der Waals surface area contributed by atoms with E-state index in [1.807, 2.05) is 23.6 Å². The van der Waals surface area contributed by atoms with Crippen molar-refractivity contribution >= 4 is 41.4 Å². The molecule has 0 radical (unpaired) electrons. The van der Waals surface area contributed by atoms with Crippen LogP contribution in [-0.2, 0) is 4.53 Å². The smallest absolute Gasteiger partial charge is 0.380 e. The summed E-state index contributed by atoms with van der Waals surface area (Å²) in [7, 11) is -2.78. The topological polar surface area (TPSA) is 34.5 Å². The van der Waals surface area contributed by atoms with E-state index in [0.29, 0.717) is 0 Å². The van der Waals surface area contributed by atoms with Crippen molar-refractivity contribution in [2.24, 2.45) is 5.16 Å². The summed E-state index contributed by atoms with van der Waals surface area (Å²) in [5.41, 5.74) is 0. The van der Waals surface area contributed by atoms with E-state index in [-0.39, 0.29) is 0 Å². The lowest BCUT2D eigenvalue weighted by atomic mass is 10.3. The highest BCUT2D eigenvalue weighted by molar-refractivity contribution is 7.11. The molecule has 132 valence electrons. The average molecular weight is 387 g/mol. The Labute approximate surface area is 163 Å². The first-order valence-electron chi connectivity index (χ1n) is 8.67. The van der Waals surface area contributed by atoms with Gasteiger partial charge in [-0.1, -0.05) is 91.0 Å². The highest BCUT2D eigenvalue weighted by atomic mass is 32.1. The standard InChI is InChI=1S/C22H18N2OSSi/c1-4-10-19(11-5-1)27(20-12-6-2-7-13-20,21-14-8-3-9-15-21)25-24-18-22-23-16-17-26-22/h1-18H. The fraction of sp³-hybridized carbons (Fsp3) is 0. The van der Waals surface area contributed by atoms with Crippen molar-refractivity contribution in [1.29, 1.82) is 0 Å². The van der Waals surface area contributed by atoms with Crippen LogP contribution in [-0.4, -0.2) is 19.5 Å². The highest BCUT2D eigenvalue weighted by Crippen LogP contribution is 2.10. The zero-order valence-electron chi connectivity index (χ0n) is 14.6. The van der Waals surface area contributed by atoms with Crippen molar-refractivity contribution in [3.05, 3.63) is 108 Å². The van der Waals surface area contributed by atoms with E-state index in [2.05, 4.69) is 82.9 Å². The molecule has 0 fully saturated rings. The van der Waals surface area contributed by atoms with E-state index in [0.717, 1.165) is 20.6 Å². The maximum atomic E-state index is 6.44. The van der Waals surface area contributed by atoms with Gasteiger partial charge in [0.2, 0.25) is 0 Å². The van der Waals surface area contributed by atoms with Gasteiger partial charge in [-0.15, -0.1) is 16.5 Å². The molecule has 0 aliphatic rings. The second kappa shape index (κ2) is 8.12. The molecule has 27 heavy (non-hydrogen) atoms. The quantitative estimate of drug-likeness (QED) is 0.221. The van der Waals surface area contributed by atoms with Crippen LogP contribution in [0.5, 0.6) is 0 Å². The van der Waals surface area contributed by atoms with Crippen LogP contribution in [0.3, 0.4) is 0 Å². The van der Waals surface area contributed by atoms with Gasteiger partial charge in [-0.05, 0) is 15.6 Å². The lowest BCUT2D eigenvalue weighted by Gasteiger charge is -2.29. The van der Waals surface area contributed by atoms with Crippen LogP contribution in [0, 0.1) is 0 Å². The number of hydrogen-bond acceptors (Lipinski definition) is 4. The SMILES string of the molecule is C(=NO[Si](c1ccccc1)(c1ccccc1)c1ccccc1)c1nccs1. The van der Waals surface area contributed by atoms with Gasteiger partial charge in [-0.25, -0.2) is 4.98 Å². The molecular weight excluding hydrogens is 368 g/mol. The summed E-state index contributed by atoms with van der Waals surface area (Å²) >= 11 is 1.54. The number of nitrogens with zero attached hydrogens (tertiary/aromatic N) is 2. The van der Waals surface area contributed by atoms with Gasteiger partial charge in [0.05, 0.1) is 0 Å². The molecule has 3 nitrogen and oxygen atoms in total. The van der Waals surface area contributed by atoms with Crippen molar-refractivity contribution in [3.63, 3.8) is 0 Å². The maximum Gasteiger partial charge on any atom is 0.380 e. The number of oxime groups is 1. The normalized spacial score (nSPS) is 11.6. The number of benzene rings is 3. The summed E-state index contributed by atoms with van der Waals surface area (Å²) in [4.78, 5) is 4.26. The third-order valence-electron chi connectivity index (χ3n) is 4.35. The molecule has 0 unspecified atom stereocenters. The average Bonchev–Trinajstić information content (AvgIpc) is 3.27. The number of thiazole rings is 1. The first kappa shape index (κ1) is 17.4. The number of rotatable bonds is 6. The molecule has 0 aliphatic carbocycles. The molecule has 1 heterocycles. The Morgan fingerprint density at radius 3 is 1.63 bits per heavy atom. The van der Waals surface area contributed by atoms with Crippen LogP contribution in [0.25, 0.3) is 0 Å². The summed E-state index contributed by atoms with van der Waals surface area (Å²) in [6.45, 7) is 0. The predicted molar refractivity (Wildman–Crippen MR) is 115 cm³/mol. The largest absolute Gasteiger partial charge is 0.438 e. The van der Waals surface area contributed by atoms with Crippen LogP contribution in [0.1, 0.15) is 5.01 Å². The number of hydrogen-bond donors (Lipinski definition) is 0. The summed E-state index contributed by atoms with van der Waals surface area (Å²) in [5, 5.41) is 10.6. The molecule has 0 aliphatic heterocycles. The molecule has 0 spiro atoms. The maximum absolute atomic E-state index is 6.44. The lowest BCUT2D eigenvalue weighted by Crippen LogP contribution is -2.68. The van der Waals surface area contributed by atoms with E-state index in [4.69, 9.17) is 4.53 Å². The van der Waals surface area contributed by atoms with Gasteiger partial charge in [0.25, 0.3) is 0 Å². The Hall–Kier alpha value is -3.02. The molecule has 0 atom stereocenters. The Bertz CT molecular complexity index is 894. The van der Waals surface area contributed by atoms with E-state index in [1.165, 1.54) is 11.3 Å². The molecule has 0 N–H and O–H groups in total. The van der Waals surface area contributed by atoms with Crippen LogP contribution < -0.4 is 15.6 Å². The molecule has 1 aromatic heterocycles. The fourth-order valence-electron chi connectivity index (χ4n) is 3.13. The van der Waals surface area contributed by atoms with Gasteiger partial charge in [0.1, 0.15) is 11.2 Å². The summed E-state index contributed by atoms with van der Waals surface area (Å²) in [6, 6.07) is 31.2. The van der Waals surface area contributed by atoms with E-state index >= 15 is 0 Å². The Morgan fingerprint density at radius 1 is 0.741 bits per heavy atom. The van der Waals surface area contributed by atoms with Crippen molar-refractivity contribution in [2.75, 3.05) is 0 Å². The Balaban J connectivity index is 1.89. The molecule has 4 rings (SSSR count). The minimum Gasteiger partial charge on any atom is -0.438 e. The lowest BCUT2D eigenvalue weighted by molar-refractivity contribution is 0.351. The van der Waals surface area contributed by atoms with Crippen LogP contribution in [0.4, 0.5) is 0 Å². The summed E-state index contributed by atoms with van der Waals surface area (Å²) in [5.74, 6) is 0. The molecule has 4 aromatic rings. The summed E-state index contributed by atoms with van der Waals surface area (Å²) in [6.07, 6.45) is 3.46. The van der Waals surface area contributed by atoms with Crippen LogP contribution in [0.15, 0.2) is 108 Å². The van der Waals surface area contributed by atoms with Crippen molar-refractivity contribution in [1.82, 2.24) is 4.98 Å². The van der Waals surface area contributed by atoms with E-state index in [1.54, 1.807) is 12.4 Å². The molecule has 5 heteroatoms. The molecule has 0 saturated heterocycles. The minimum atomic E-state index is -2.78. The predicted octanol–water partition coefficient (Wildman–Crippen LogP) is 3.16. The minimum absolute atomic E-state index is 0.826. The monoisotopic (exact) mass is 386 g/mol. The summed E-state index contributed by atoms with van der Waals surface area (Å²) < 4.78 is 6.44. The zero-order chi connectivity index (χ0) is 18.4. The van der Waals surface area contributed by atoms with Crippen molar-refractivity contribution < 1.29 is 4.53 Å². The highest BCUT2D eigenvalue weighted by Gasteiger charge is 2.44. The van der Waals surface area contributed by atoms with Gasteiger partial charge >= 0.3 is 8.32 Å². The van der Waals surface area contributed by atoms with Crippen LogP contribution >= 0.6 is 11.3 Å². The number of aromatic nitrogens is 1. The van der Waals surface area contributed by atoms with Gasteiger partial charge in [0, 0.05) is 11.6 Å². The molecule has 0 bridgehead atoms. The first-order valence-corrected chi connectivity index (χ1v) is 11.5. The van der Waals surface area contributed by atoms with Gasteiger partial charge < -0.3 is 4.53 Å². The third kappa shape index (κ3) is 3.60. The zero-order valence-corrected chi connectivity index (χ0v) is 16.4. The van der Waals surface area contributed by atoms with Crippen LogP contribution in [0.2, 0.25) is 0 Å². The Morgan fingerprint density at radius 2 is 1.22 bits per heavy atom. The van der Waals surface area contributed by atoms with Gasteiger partial charge in [-0.3, -0.25) is 0 Å². The second-order valence-electron chi connectivity index (χ2n) is 5.98. The van der Waals surface area contributed by atoms with Crippen molar-refractivity contribution in [3.8, 4) is 0 Å². The molecule has 0 saturated carbocycles. The molecule has 0 amide bonds. The van der Waals surface area contributed by atoms with E-state index < -0.39 is 8.32 Å². The molecular formula is C22H18N2OSSi. The third-order valence-corrected chi connectivity index (χ3v) is 8.87. The van der Waals surface area contributed by atoms with E-state index in [9.17, 15) is 0 Å². The Kier molecular flexibility index (Phi) is 5.23.